The minimum Gasteiger partial charge on any atom is -0.384 e. The average molecular weight is 219 g/mol. The van der Waals surface area contributed by atoms with Gasteiger partial charge in [0.2, 0.25) is 5.91 Å². The molecule has 0 spiro atoms. The van der Waals surface area contributed by atoms with E-state index < -0.39 is 0 Å². The molecular weight excluding hydrogens is 202 g/mol. The third-order valence-corrected chi connectivity index (χ3v) is 3.51. The number of hydrogen-bond acceptors (Lipinski definition) is 3. The number of carbonyl (C=O) groups excluding carboxylic acids is 1. The molecule has 0 aromatic carbocycles. The molecule has 1 aromatic rings. The molecule has 16 heavy (non-hydrogen) atoms. The molecule has 1 heterocycles. The second kappa shape index (κ2) is 4.12. The first-order valence-corrected chi connectivity index (χ1v) is 5.69. The Labute approximate surface area is 95.3 Å². The molecule has 2 rings (SSSR count). The number of nitrogen functional groups attached to an aromatic ring is 1. The highest BCUT2D eigenvalue weighted by atomic mass is 16.2. The lowest BCUT2D eigenvalue weighted by Gasteiger charge is -2.39. The van der Waals surface area contributed by atoms with Gasteiger partial charge in [-0.2, -0.15) is 0 Å². The van der Waals surface area contributed by atoms with E-state index in [4.69, 9.17) is 5.73 Å². The SMILES string of the molecule is CCC1(C(=O)Nc2ccc(N)nc2)CCC1. The van der Waals surface area contributed by atoms with Crippen LogP contribution in [-0.4, -0.2) is 10.9 Å². The number of nitrogens with two attached hydrogens (primary N) is 1. The number of pyridine rings is 1. The molecule has 0 atom stereocenters. The highest BCUT2D eigenvalue weighted by molar-refractivity contribution is 5.95. The van der Waals surface area contributed by atoms with Gasteiger partial charge < -0.3 is 11.1 Å². The molecule has 3 N–H and O–H groups in total. The van der Waals surface area contributed by atoms with Crippen LogP contribution in [0.15, 0.2) is 18.3 Å². The van der Waals surface area contributed by atoms with Crippen LogP contribution < -0.4 is 11.1 Å². The summed E-state index contributed by atoms with van der Waals surface area (Å²) in [5, 5.41) is 2.91. The lowest BCUT2D eigenvalue weighted by Crippen LogP contribution is -2.41. The van der Waals surface area contributed by atoms with Crippen molar-refractivity contribution in [2.24, 2.45) is 5.41 Å². The van der Waals surface area contributed by atoms with Gasteiger partial charge in [0.25, 0.3) is 0 Å². The van der Waals surface area contributed by atoms with Gasteiger partial charge in [-0.25, -0.2) is 4.98 Å². The molecule has 4 nitrogen and oxygen atoms in total. The van der Waals surface area contributed by atoms with Crippen molar-refractivity contribution in [3.05, 3.63) is 18.3 Å². The van der Waals surface area contributed by atoms with Crippen molar-refractivity contribution in [1.82, 2.24) is 4.98 Å². The lowest BCUT2D eigenvalue weighted by molar-refractivity contribution is -0.130. The quantitative estimate of drug-likeness (QED) is 0.818. The predicted octanol–water partition coefficient (Wildman–Crippen LogP) is 2.18. The first kappa shape index (κ1) is 10.9. The second-order valence-corrected chi connectivity index (χ2v) is 4.41. The molecule has 1 saturated carbocycles. The van der Waals surface area contributed by atoms with Gasteiger partial charge >= 0.3 is 0 Å². The van der Waals surface area contributed by atoms with E-state index in [1.54, 1.807) is 18.3 Å². The fourth-order valence-electron chi connectivity index (χ4n) is 2.09. The summed E-state index contributed by atoms with van der Waals surface area (Å²) in [6.45, 7) is 2.07. The van der Waals surface area contributed by atoms with Crippen molar-refractivity contribution in [3.63, 3.8) is 0 Å². The minimum absolute atomic E-state index is 0.118. The summed E-state index contributed by atoms with van der Waals surface area (Å²) in [6.07, 6.45) is 5.65. The number of rotatable bonds is 3. The Bertz CT molecular complexity index is 376. The Morgan fingerprint density at radius 2 is 2.31 bits per heavy atom. The topological polar surface area (TPSA) is 68.0 Å². The van der Waals surface area contributed by atoms with Crippen LogP contribution in [0.5, 0.6) is 0 Å². The minimum atomic E-state index is -0.138. The molecule has 4 heteroatoms. The molecule has 0 radical (unpaired) electrons. The van der Waals surface area contributed by atoms with E-state index in [2.05, 4.69) is 17.2 Å². The van der Waals surface area contributed by atoms with Crippen LogP contribution in [0, 0.1) is 5.41 Å². The summed E-state index contributed by atoms with van der Waals surface area (Å²) in [6, 6.07) is 3.47. The van der Waals surface area contributed by atoms with E-state index in [1.165, 1.54) is 0 Å². The molecule has 1 aliphatic carbocycles. The zero-order chi connectivity index (χ0) is 11.6. The first-order chi connectivity index (χ1) is 7.66. The van der Waals surface area contributed by atoms with Crippen molar-refractivity contribution >= 4 is 17.4 Å². The van der Waals surface area contributed by atoms with Crippen molar-refractivity contribution < 1.29 is 4.79 Å². The summed E-state index contributed by atoms with van der Waals surface area (Å²) in [7, 11) is 0. The van der Waals surface area contributed by atoms with Crippen LogP contribution in [0.1, 0.15) is 32.6 Å². The number of aromatic nitrogens is 1. The van der Waals surface area contributed by atoms with Gasteiger partial charge in [0.05, 0.1) is 11.9 Å². The Hall–Kier alpha value is -1.58. The Kier molecular flexibility index (Phi) is 2.81. The standard InChI is InChI=1S/C12H17N3O/c1-2-12(6-3-7-12)11(16)15-9-4-5-10(13)14-8-9/h4-5,8H,2-3,6-7H2,1H3,(H2,13,14)(H,15,16). The van der Waals surface area contributed by atoms with Crippen molar-refractivity contribution in [2.75, 3.05) is 11.1 Å². The van der Waals surface area contributed by atoms with Crippen LogP contribution in [0.4, 0.5) is 11.5 Å². The summed E-state index contributed by atoms with van der Waals surface area (Å²) >= 11 is 0. The number of nitrogens with one attached hydrogen (secondary N) is 1. The average Bonchev–Trinajstić information content (AvgIpc) is 2.21. The third-order valence-electron chi connectivity index (χ3n) is 3.51. The normalized spacial score (nSPS) is 17.6. The zero-order valence-electron chi connectivity index (χ0n) is 9.49. The van der Waals surface area contributed by atoms with E-state index in [1.807, 2.05) is 0 Å². The number of nitrogens with zero attached hydrogens (tertiary/aromatic N) is 1. The Balaban J connectivity index is 2.04. The third kappa shape index (κ3) is 1.87. The monoisotopic (exact) mass is 219 g/mol. The number of amides is 1. The van der Waals surface area contributed by atoms with Gasteiger partial charge in [-0.15, -0.1) is 0 Å². The highest BCUT2D eigenvalue weighted by Crippen LogP contribution is 2.44. The lowest BCUT2D eigenvalue weighted by atomic mass is 9.66. The summed E-state index contributed by atoms with van der Waals surface area (Å²) in [5.41, 5.74) is 6.07. The number of anilines is 2. The van der Waals surface area contributed by atoms with Gasteiger partial charge in [-0.05, 0) is 31.4 Å². The molecule has 0 bridgehead atoms. The maximum absolute atomic E-state index is 12.1. The molecule has 1 aliphatic rings. The summed E-state index contributed by atoms with van der Waals surface area (Å²) < 4.78 is 0. The van der Waals surface area contributed by atoms with Gasteiger partial charge in [-0.3, -0.25) is 4.79 Å². The fraction of sp³-hybridized carbons (Fsp3) is 0.500. The number of carbonyl (C=O) groups is 1. The van der Waals surface area contributed by atoms with E-state index in [9.17, 15) is 4.79 Å². The predicted molar refractivity (Wildman–Crippen MR) is 63.9 cm³/mol. The Morgan fingerprint density at radius 1 is 1.56 bits per heavy atom. The van der Waals surface area contributed by atoms with E-state index >= 15 is 0 Å². The van der Waals surface area contributed by atoms with Crippen LogP contribution >= 0.6 is 0 Å². The number of hydrogen-bond donors (Lipinski definition) is 2. The van der Waals surface area contributed by atoms with Crippen molar-refractivity contribution in [2.45, 2.75) is 32.6 Å². The highest BCUT2D eigenvalue weighted by Gasteiger charge is 2.42. The molecule has 0 aliphatic heterocycles. The van der Waals surface area contributed by atoms with E-state index in [0.717, 1.165) is 31.4 Å². The van der Waals surface area contributed by atoms with Crippen LogP contribution in [0.3, 0.4) is 0 Å². The van der Waals surface area contributed by atoms with Crippen molar-refractivity contribution in [3.8, 4) is 0 Å². The maximum Gasteiger partial charge on any atom is 0.230 e. The summed E-state index contributed by atoms with van der Waals surface area (Å²) in [4.78, 5) is 16.0. The van der Waals surface area contributed by atoms with Gasteiger partial charge in [0, 0.05) is 5.41 Å². The molecule has 1 fully saturated rings. The smallest absolute Gasteiger partial charge is 0.230 e. The Morgan fingerprint density at radius 3 is 2.75 bits per heavy atom. The van der Waals surface area contributed by atoms with Gasteiger partial charge in [0.15, 0.2) is 0 Å². The van der Waals surface area contributed by atoms with Gasteiger partial charge in [-0.1, -0.05) is 13.3 Å². The molecular formula is C12H17N3O. The molecule has 1 aromatic heterocycles. The van der Waals surface area contributed by atoms with Gasteiger partial charge in [0.1, 0.15) is 5.82 Å². The van der Waals surface area contributed by atoms with Crippen molar-refractivity contribution in [1.29, 1.82) is 0 Å². The molecule has 0 saturated heterocycles. The molecule has 0 unspecified atom stereocenters. The zero-order valence-corrected chi connectivity index (χ0v) is 9.49. The largest absolute Gasteiger partial charge is 0.384 e. The van der Waals surface area contributed by atoms with E-state index in [0.29, 0.717) is 5.82 Å². The van der Waals surface area contributed by atoms with E-state index in [-0.39, 0.29) is 11.3 Å². The molecule has 86 valence electrons. The first-order valence-electron chi connectivity index (χ1n) is 5.69. The van der Waals surface area contributed by atoms with Crippen LogP contribution in [-0.2, 0) is 4.79 Å². The summed E-state index contributed by atoms with van der Waals surface area (Å²) in [5.74, 6) is 0.583. The van der Waals surface area contributed by atoms with Crippen LogP contribution in [0.2, 0.25) is 0 Å². The maximum atomic E-state index is 12.1. The van der Waals surface area contributed by atoms with Crippen LogP contribution in [0.25, 0.3) is 0 Å². The fourth-order valence-corrected chi connectivity index (χ4v) is 2.09. The molecule has 1 amide bonds. The second-order valence-electron chi connectivity index (χ2n) is 4.41.